The SMILES string of the molecule is c1cc2c3c4c1CC1=c4c4c(ccc5ccc(c3c54)C2)C1. The maximum absolute atomic E-state index is 2.39. The van der Waals surface area contributed by atoms with Crippen LogP contribution in [0.5, 0.6) is 0 Å². The molecule has 0 radical (unpaired) electrons. The zero-order valence-electron chi connectivity index (χ0n) is 11.6. The fourth-order valence-corrected chi connectivity index (χ4v) is 5.31. The van der Waals surface area contributed by atoms with Gasteiger partial charge in [-0.15, -0.1) is 0 Å². The van der Waals surface area contributed by atoms with Gasteiger partial charge in [-0.2, -0.15) is 0 Å². The summed E-state index contributed by atoms with van der Waals surface area (Å²) in [7, 11) is 0. The molecule has 0 nitrogen and oxygen atoms in total. The average Bonchev–Trinajstić information content (AvgIpc) is 3.14. The van der Waals surface area contributed by atoms with Gasteiger partial charge < -0.3 is 0 Å². The van der Waals surface area contributed by atoms with Crippen molar-refractivity contribution < 1.29 is 0 Å². The standard InChI is InChI=1S/C21H12/c1-3-11-7-12-5-6-14-9-15-8-13-4-2-10(1)16-17(11)19(12)20(14)21(15)18(13)16/h1-6H,7-9H2. The smallest absolute Gasteiger partial charge is 0.00130 e. The first-order chi connectivity index (χ1) is 10.4. The molecule has 4 aromatic rings. The molecule has 7 rings (SSSR count). The molecular weight excluding hydrogens is 252 g/mol. The molecule has 0 spiro atoms. The van der Waals surface area contributed by atoms with Gasteiger partial charge in [-0.25, -0.2) is 0 Å². The predicted molar refractivity (Wildman–Crippen MR) is 87.8 cm³/mol. The van der Waals surface area contributed by atoms with Crippen molar-refractivity contribution in [3.05, 3.63) is 63.9 Å². The molecule has 0 aromatic heterocycles. The highest BCUT2D eigenvalue weighted by Crippen LogP contribution is 2.46. The summed E-state index contributed by atoms with van der Waals surface area (Å²) in [5.41, 5.74) is 7.90. The Morgan fingerprint density at radius 2 is 1.00 bits per heavy atom. The molecule has 0 unspecified atom stereocenters. The molecule has 3 aliphatic rings. The molecule has 3 aliphatic carbocycles. The highest BCUT2D eigenvalue weighted by molar-refractivity contribution is 6.28. The summed E-state index contributed by atoms with van der Waals surface area (Å²) in [6.45, 7) is 0. The molecule has 0 fully saturated rings. The van der Waals surface area contributed by atoms with Crippen LogP contribution in [0.25, 0.3) is 37.9 Å². The van der Waals surface area contributed by atoms with Crippen molar-refractivity contribution in [2.24, 2.45) is 0 Å². The molecule has 21 heavy (non-hydrogen) atoms. The molecule has 0 saturated carbocycles. The van der Waals surface area contributed by atoms with Crippen LogP contribution in [0.4, 0.5) is 0 Å². The summed E-state index contributed by atoms with van der Waals surface area (Å²) in [4.78, 5) is 0. The molecule has 4 aromatic carbocycles. The van der Waals surface area contributed by atoms with Crippen LogP contribution in [0.3, 0.4) is 0 Å². The van der Waals surface area contributed by atoms with Crippen LogP contribution in [-0.4, -0.2) is 0 Å². The zero-order valence-corrected chi connectivity index (χ0v) is 11.6. The maximum Gasteiger partial charge on any atom is -0.00130 e. The first-order valence-corrected chi connectivity index (χ1v) is 7.85. The topological polar surface area (TPSA) is 0 Å². The van der Waals surface area contributed by atoms with Crippen molar-refractivity contribution >= 4 is 37.9 Å². The predicted octanol–water partition coefficient (Wildman–Crippen LogP) is 4.03. The summed E-state index contributed by atoms with van der Waals surface area (Å²) < 4.78 is 0. The lowest BCUT2D eigenvalue weighted by Crippen LogP contribution is -2.02. The molecule has 0 heterocycles. The van der Waals surface area contributed by atoms with Crippen LogP contribution in [0.1, 0.15) is 22.3 Å². The van der Waals surface area contributed by atoms with Crippen molar-refractivity contribution in [2.75, 3.05) is 0 Å². The molecule has 0 amide bonds. The van der Waals surface area contributed by atoms with Gasteiger partial charge in [-0.05, 0) is 79.1 Å². The largest absolute Gasteiger partial charge is 0.0578 e. The summed E-state index contributed by atoms with van der Waals surface area (Å²) in [6, 6.07) is 14.2. The van der Waals surface area contributed by atoms with E-state index in [1.165, 1.54) is 18.2 Å². The van der Waals surface area contributed by atoms with E-state index in [1.54, 1.807) is 60.0 Å². The maximum atomic E-state index is 2.39. The monoisotopic (exact) mass is 264 g/mol. The molecule has 96 valence electrons. The second kappa shape index (κ2) is 2.69. The summed E-state index contributed by atoms with van der Waals surface area (Å²) in [5.74, 6) is 0. The normalized spacial score (nSPS) is 16.9. The van der Waals surface area contributed by atoms with Crippen molar-refractivity contribution in [3.63, 3.8) is 0 Å². The number of rotatable bonds is 0. The van der Waals surface area contributed by atoms with Crippen LogP contribution >= 0.6 is 0 Å². The Labute approximate surface area is 121 Å². The van der Waals surface area contributed by atoms with Gasteiger partial charge in [0.15, 0.2) is 0 Å². The van der Waals surface area contributed by atoms with E-state index in [0.29, 0.717) is 0 Å². The van der Waals surface area contributed by atoms with Gasteiger partial charge in [0, 0.05) is 0 Å². The lowest BCUT2D eigenvalue weighted by atomic mass is 9.91. The van der Waals surface area contributed by atoms with E-state index in [9.17, 15) is 0 Å². The third-order valence-electron chi connectivity index (χ3n) is 6.03. The third kappa shape index (κ3) is 0.820. The van der Waals surface area contributed by atoms with Crippen LogP contribution < -0.4 is 5.22 Å². The first kappa shape index (κ1) is 9.57. The Balaban J connectivity index is 2.07. The lowest BCUT2D eigenvalue weighted by Gasteiger charge is -2.12. The minimum absolute atomic E-state index is 1.13. The van der Waals surface area contributed by atoms with Crippen LogP contribution in [0.2, 0.25) is 0 Å². The fourth-order valence-electron chi connectivity index (χ4n) is 5.31. The van der Waals surface area contributed by atoms with Gasteiger partial charge >= 0.3 is 0 Å². The highest BCUT2D eigenvalue weighted by atomic mass is 14.3. The van der Waals surface area contributed by atoms with Gasteiger partial charge in [-0.3, -0.25) is 0 Å². The van der Waals surface area contributed by atoms with Crippen molar-refractivity contribution in [2.45, 2.75) is 19.3 Å². The van der Waals surface area contributed by atoms with Crippen LogP contribution in [-0.2, 0) is 19.3 Å². The second-order valence-electron chi connectivity index (χ2n) is 6.94. The van der Waals surface area contributed by atoms with Gasteiger partial charge in [-0.1, -0.05) is 42.0 Å². The minimum Gasteiger partial charge on any atom is -0.0578 e. The van der Waals surface area contributed by atoms with E-state index in [4.69, 9.17) is 0 Å². The van der Waals surface area contributed by atoms with Gasteiger partial charge in [0.05, 0.1) is 0 Å². The fraction of sp³-hybridized carbons (Fsp3) is 0.143. The van der Waals surface area contributed by atoms with Gasteiger partial charge in [0.25, 0.3) is 0 Å². The number of hydrogen-bond acceptors (Lipinski definition) is 0. The number of hydrogen-bond donors (Lipinski definition) is 0. The zero-order chi connectivity index (χ0) is 13.3. The molecule has 0 heteroatoms. The van der Waals surface area contributed by atoms with Crippen molar-refractivity contribution in [1.82, 2.24) is 0 Å². The number of benzene rings is 4. The van der Waals surface area contributed by atoms with E-state index in [0.717, 1.165) is 6.42 Å². The summed E-state index contributed by atoms with van der Waals surface area (Å²) in [6.07, 6.45) is 3.48. The molecule has 0 aliphatic heterocycles. The van der Waals surface area contributed by atoms with E-state index in [2.05, 4.69) is 36.4 Å². The van der Waals surface area contributed by atoms with Crippen molar-refractivity contribution in [1.29, 1.82) is 0 Å². The Morgan fingerprint density at radius 1 is 0.476 bits per heavy atom. The third-order valence-corrected chi connectivity index (χ3v) is 6.03. The molecule has 0 N–H and O–H groups in total. The second-order valence-corrected chi connectivity index (χ2v) is 6.94. The molecular formula is C21H12. The molecule has 0 saturated heterocycles. The molecule has 0 bridgehead atoms. The summed E-state index contributed by atoms with van der Waals surface area (Å²) >= 11 is 0. The molecule has 0 atom stereocenters. The Kier molecular flexibility index (Phi) is 1.23. The van der Waals surface area contributed by atoms with Crippen LogP contribution in [0.15, 0.2) is 36.4 Å². The van der Waals surface area contributed by atoms with Gasteiger partial charge in [0.1, 0.15) is 0 Å². The minimum atomic E-state index is 1.13. The Hall–Kier alpha value is -2.34. The van der Waals surface area contributed by atoms with E-state index < -0.39 is 0 Å². The Morgan fingerprint density at radius 3 is 1.71 bits per heavy atom. The van der Waals surface area contributed by atoms with Crippen LogP contribution in [0, 0.1) is 0 Å². The lowest BCUT2D eigenvalue weighted by molar-refractivity contribution is 1.22. The summed E-state index contributed by atoms with van der Waals surface area (Å²) in [5, 5.41) is 11.0. The Bertz CT molecular complexity index is 1230. The van der Waals surface area contributed by atoms with Gasteiger partial charge in [0.2, 0.25) is 0 Å². The first-order valence-electron chi connectivity index (χ1n) is 7.85. The van der Waals surface area contributed by atoms with Crippen molar-refractivity contribution in [3.8, 4) is 0 Å². The highest BCUT2D eigenvalue weighted by Gasteiger charge is 2.30. The van der Waals surface area contributed by atoms with E-state index in [-0.39, 0.29) is 0 Å². The quantitative estimate of drug-likeness (QED) is 0.292. The van der Waals surface area contributed by atoms with E-state index in [1.807, 2.05) is 0 Å². The average molecular weight is 264 g/mol. The van der Waals surface area contributed by atoms with E-state index >= 15 is 0 Å².